The van der Waals surface area contributed by atoms with Crippen LogP contribution in [0.15, 0.2) is 72.2 Å². The summed E-state index contributed by atoms with van der Waals surface area (Å²) >= 11 is 0. The molecule has 0 radical (unpaired) electrons. The van der Waals surface area contributed by atoms with Crippen LogP contribution in [0.3, 0.4) is 0 Å². The van der Waals surface area contributed by atoms with Gasteiger partial charge in [-0.25, -0.2) is 4.98 Å². The Labute approximate surface area is 182 Å². The Bertz CT molecular complexity index is 962. The zero-order valence-corrected chi connectivity index (χ0v) is 18.0. The Kier molecular flexibility index (Phi) is 8.33. The first-order chi connectivity index (χ1) is 14.8. The van der Waals surface area contributed by atoms with Crippen LogP contribution in [-0.2, 0) is 9.59 Å². The van der Waals surface area contributed by atoms with Gasteiger partial charge in [0.2, 0.25) is 0 Å². The molecule has 0 aliphatic rings. The first-order valence-corrected chi connectivity index (χ1v) is 9.64. The van der Waals surface area contributed by atoms with Crippen molar-refractivity contribution in [2.45, 2.75) is 19.4 Å². The standard InChI is InChI=1S/C23H28N4O4/c1-6-8-16(7-2)12-24-14-23(3,4)27-22(29)21(28)26-17-9-10-18(19(11-17)30-5)20-13-25-15-31-20/h6-11,13,15,24H,1-2,12,14H2,3-5H3,(H,26,28)(H,27,29)/b16-8+. The van der Waals surface area contributed by atoms with Crippen LogP contribution < -0.4 is 20.7 Å². The van der Waals surface area contributed by atoms with Crippen LogP contribution in [0, 0.1) is 0 Å². The molecular formula is C23H28N4O4. The zero-order chi connectivity index (χ0) is 22.9. The Morgan fingerprint density at radius 2 is 2.03 bits per heavy atom. The van der Waals surface area contributed by atoms with Crippen LogP contribution in [0.4, 0.5) is 5.69 Å². The van der Waals surface area contributed by atoms with Crippen molar-refractivity contribution in [3.05, 3.63) is 67.7 Å². The lowest BCUT2D eigenvalue weighted by molar-refractivity contribution is -0.137. The minimum Gasteiger partial charge on any atom is -0.496 e. The molecule has 164 valence electrons. The highest BCUT2D eigenvalue weighted by Gasteiger charge is 2.24. The second-order valence-electron chi connectivity index (χ2n) is 7.36. The summed E-state index contributed by atoms with van der Waals surface area (Å²) in [5.41, 5.74) is 1.42. The number of ether oxygens (including phenoxy) is 1. The maximum atomic E-state index is 12.4. The van der Waals surface area contributed by atoms with Gasteiger partial charge in [-0.1, -0.05) is 31.4 Å². The van der Waals surface area contributed by atoms with Crippen LogP contribution in [0.1, 0.15) is 13.8 Å². The molecular weight excluding hydrogens is 396 g/mol. The Balaban J connectivity index is 1.95. The predicted molar refractivity (Wildman–Crippen MR) is 121 cm³/mol. The highest BCUT2D eigenvalue weighted by Crippen LogP contribution is 2.32. The average molecular weight is 425 g/mol. The lowest BCUT2D eigenvalue weighted by Gasteiger charge is -2.26. The molecule has 2 amide bonds. The molecule has 2 aromatic rings. The fraction of sp³-hybridized carbons (Fsp3) is 0.261. The van der Waals surface area contributed by atoms with Gasteiger partial charge in [0.15, 0.2) is 12.2 Å². The van der Waals surface area contributed by atoms with Crippen LogP contribution in [0.25, 0.3) is 11.3 Å². The molecule has 1 aromatic heterocycles. The predicted octanol–water partition coefficient (Wildman–Crippen LogP) is 3.07. The van der Waals surface area contributed by atoms with E-state index in [-0.39, 0.29) is 0 Å². The number of benzene rings is 1. The van der Waals surface area contributed by atoms with Gasteiger partial charge in [0.05, 0.1) is 18.9 Å². The second kappa shape index (κ2) is 10.9. The fourth-order valence-corrected chi connectivity index (χ4v) is 2.79. The van der Waals surface area contributed by atoms with E-state index in [1.807, 2.05) is 19.9 Å². The van der Waals surface area contributed by atoms with Gasteiger partial charge in [-0.3, -0.25) is 9.59 Å². The van der Waals surface area contributed by atoms with Gasteiger partial charge in [-0.15, -0.1) is 0 Å². The topological polar surface area (TPSA) is 105 Å². The van der Waals surface area contributed by atoms with E-state index in [4.69, 9.17) is 9.15 Å². The van der Waals surface area contributed by atoms with Crippen molar-refractivity contribution >= 4 is 17.5 Å². The smallest absolute Gasteiger partial charge is 0.313 e. The summed E-state index contributed by atoms with van der Waals surface area (Å²) in [5, 5.41) is 8.54. The van der Waals surface area contributed by atoms with Crippen molar-refractivity contribution in [1.29, 1.82) is 0 Å². The number of amides is 2. The van der Waals surface area contributed by atoms with Crippen LogP contribution >= 0.6 is 0 Å². The second-order valence-corrected chi connectivity index (χ2v) is 7.36. The number of aromatic nitrogens is 1. The molecule has 0 aliphatic heterocycles. The highest BCUT2D eigenvalue weighted by atomic mass is 16.5. The van der Waals surface area contributed by atoms with Crippen LogP contribution in [-0.4, -0.2) is 42.5 Å². The summed E-state index contributed by atoms with van der Waals surface area (Å²) in [6.45, 7) is 12.1. The molecule has 0 fully saturated rings. The normalized spacial score (nSPS) is 11.5. The summed E-state index contributed by atoms with van der Waals surface area (Å²) < 4.78 is 10.6. The first-order valence-electron chi connectivity index (χ1n) is 9.64. The lowest BCUT2D eigenvalue weighted by Crippen LogP contribution is -2.53. The van der Waals surface area contributed by atoms with Crippen molar-refractivity contribution in [1.82, 2.24) is 15.6 Å². The summed E-state index contributed by atoms with van der Waals surface area (Å²) in [6.07, 6.45) is 8.14. The number of oxazole rings is 1. The van der Waals surface area contributed by atoms with E-state index >= 15 is 0 Å². The van der Waals surface area contributed by atoms with Gasteiger partial charge in [-0.2, -0.15) is 0 Å². The van der Waals surface area contributed by atoms with Crippen LogP contribution in [0.2, 0.25) is 0 Å². The number of hydrogen-bond acceptors (Lipinski definition) is 6. The van der Waals surface area contributed by atoms with E-state index in [0.717, 1.165) is 5.57 Å². The number of anilines is 1. The van der Waals surface area contributed by atoms with Gasteiger partial charge in [0.1, 0.15) is 5.75 Å². The van der Waals surface area contributed by atoms with Crippen LogP contribution in [0.5, 0.6) is 5.75 Å². The fourth-order valence-electron chi connectivity index (χ4n) is 2.79. The molecule has 0 aliphatic carbocycles. The van der Waals surface area contributed by atoms with Gasteiger partial charge >= 0.3 is 11.8 Å². The molecule has 1 aromatic carbocycles. The Hall–Kier alpha value is -3.65. The SMILES string of the molecule is C=C/C=C(\C=C)CNCC(C)(C)NC(=O)C(=O)Nc1ccc(-c2cnco2)c(OC)c1. The third kappa shape index (κ3) is 6.97. The first kappa shape index (κ1) is 23.6. The highest BCUT2D eigenvalue weighted by molar-refractivity contribution is 6.39. The third-order valence-electron chi connectivity index (χ3n) is 4.31. The number of hydrogen-bond donors (Lipinski definition) is 3. The third-order valence-corrected chi connectivity index (χ3v) is 4.31. The summed E-state index contributed by atoms with van der Waals surface area (Å²) in [6, 6.07) is 4.98. The molecule has 0 saturated heterocycles. The molecule has 2 rings (SSSR count). The van der Waals surface area contributed by atoms with Crippen molar-refractivity contribution in [2.24, 2.45) is 0 Å². The van der Waals surface area contributed by atoms with Gasteiger partial charge in [0, 0.05) is 30.4 Å². The van der Waals surface area contributed by atoms with E-state index in [0.29, 0.717) is 35.9 Å². The van der Waals surface area contributed by atoms with E-state index in [1.165, 1.54) is 13.5 Å². The number of nitrogens with zero attached hydrogens (tertiary/aromatic N) is 1. The summed E-state index contributed by atoms with van der Waals surface area (Å²) in [7, 11) is 1.51. The number of carbonyl (C=O) groups is 2. The minimum absolute atomic E-state index is 0.418. The molecule has 0 spiro atoms. The largest absolute Gasteiger partial charge is 0.496 e. The van der Waals surface area contributed by atoms with E-state index < -0.39 is 17.4 Å². The number of rotatable bonds is 10. The lowest BCUT2D eigenvalue weighted by atomic mass is 10.1. The Morgan fingerprint density at radius 1 is 1.26 bits per heavy atom. The van der Waals surface area contributed by atoms with Crippen molar-refractivity contribution < 1.29 is 18.7 Å². The van der Waals surface area contributed by atoms with Crippen molar-refractivity contribution in [2.75, 3.05) is 25.5 Å². The minimum atomic E-state index is -0.777. The number of allylic oxidation sites excluding steroid dienone is 2. The molecule has 1 heterocycles. The number of carbonyl (C=O) groups excluding carboxylic acids is 2. The van der Waals surface area contributed by atoms with Gasteiger partial charge in [-0.05, 0) is 31.6 Å². The van der Waals surface area contributed by atoms with Crippen molar-refractivity contribution in [3.63, 3.8) is 0 Å². The van der Waals surface area contributed by atoms with Gasteiger partial charge in [0.25, 0.3) is 0 Å². The molecule has 3 N–H and O–H groups in total. The number of nitrogens with one attached hydrogen (secondary N) is 3. The van der Waals surface area contributed by atoms with Crippen molar-refractivity contribution in [3.8, 4) is 17.1 Å². The van der Waals surface area contributed by atoms with Gasteiger partial charge < -0.3 is 25.1 Å². The summed E-state index contributed by atoms with van der Waals surface area (Å²) in [5.74, 6) is -0.508. The molecule has 0 saturated carbocycles. The van der Waals surface area contributed by atoms with E-state index in [9.17, 15) is 9.59 Å². The average Bonchev–Trinajstić information content (AvgIpc) is 3.27. The summed E-state index contributed by atoms with van der Waals surface area (Å²) in [4.78, 5) is 28.6. The van der Waals surface area contributed by atoms with E-state index in [1.54, 1.807) is 36.5 Å². The monoisotopic (exact) mass is 424 g/mol. The number of methoxy groups -OCH3 is 1. The Morgan fingerprint density at radius 3 is 2.65 bits per heavy atom. The molecule has 31 heavy (non-hydrogen) atoms. The molecule has 0 atom stereocenters. The molecule has 0 bridgehead atoms. The quantitative estimate of drug-likeness (QED) is 0.400. The molecule has 0 unspecified atom stereocenters. The molecule has 8 nitrogen and oxygen atoms in total. The van der Waals surface area contributed by atoms with E-state index in [2.05, 4.69) is 34.1 Å². The molecule has 8 heteroatoms. The maximum absolute atomic E-state index is 12.4. The zero-order valence-electron chi connectivity index (χ0n) is 18.0. The maximum Gasteiger partial charge on any atom is 0.313 e.